The molecular weight excluding hydrogens is 362 g/mol. The van der Waals surface area contributed by atoms with Crippen molar-refractivity contribution in [1.82, 2.24) is 25.1 Å². The lowest BCUT2D eigenvalue weighted by molar-refractivity contribution is 0.232. The third-order valence-electron chi connectivity index (χ3n) is 4.94. The molecule has 0 fully saturated rings. The number of benzene rings is 2. The maximum absolute atomic E-state index is 12.4. The van der Waals surface area contributed by atoms with E-state index < -0.39 is 0 Å². The molecule has 0 saturated heterocycles. The number of nitrogens with one attached hydrogen (secondary N) is 2. The maximum atomic E-state index is 12.4. The minimum absolute atomic E-state index is 0.0623. The van der Waals surface area contributed by atoms with E-state index in [9.17, 15) is 4.79 Å². The van der Waals surface area contributed by atoms with Crippen molar-refractivity contribution in [2.75, 3.05) is 27.2 Å². The highest BCUT2D eigenvalue weighted by Gasteiger charge is 2.14. The van der Waals surface area contributed by atoms with E-state index in [1.165, 1.54) is 5.56 Å². The first-order valence-electron chi connectivity index (χ1n) is 10.2. The third kappa shape index (κ3) is 6.06. The van der Waals surface area contributed by atoms with Gasteiger partial charge in [-0.15, -0.1) is 0 Å². The molecule has 0 aliphatic rings. The number of imidazole rings is 1. The molecule has 0 spiro atoms. The highest BCUT2D eigenvalue weighted by atomic mass is 16.2. The number of aromatic nitrogens is 2. The van der Waals surface area contributed by atoms with E-state index >= 15 is 0 Å². The van der Waals surface area contributed by atoms with E-state index in [-0.39, 0.29) is 12.1 Å². The van der Waals surface area contributed by atoms with E-state index in [0.717, 1.165) is 42.8 Å². The summed E-state index contributed by atoms with van der Waals surface area (Å²) in [5.41, 5.74) is 3.38. The molecule has 0 saturated carbocycles. The molecule has 1 atom stereocenters. The monoisotopic (exact) mass is 393 g/mol. The number of carbonyl (C=O) groups is 1. The predicted molar refractivity (Wildman–Crippen MR) is 118 cm³/mol. The number of hydrogen-bond donors (Lipinski definition) is 2. The fourth-order valence-corrected chi connectivity index (χ4v) is 3.65. The first kappa shape index (κ1) is 20.9. The van der Waals surface area contributed by atoms with Crippen molar-refractivity contribution in [2.45, 2.75) is 32.4 Å². The van der Waals surface area contributed by atoms with Crippen molar-refractivity contribution in [3.63, 3.8) is 0 Å². The summed E-state index contributed by atoms with van der Waals surface area (Å²) in [5.74, 6) is 1.00. The summed E-state index contributed by atoms with van der Waals surface area (Å²) >= 11 is 0. The number of nitrogens with zero attached hydrogens (tertiary/aromatic N) is 3. The molecule has 3 aromatic rings. The fourth-order valence-electron chi connectivity index (χ4n) is 3.65. The second-order valence-electron chi connectivity index (χ2n) is 7.70. The second kappa shape index (κ2) is 10.1. The zero-order chi connectivity index (χ0) is 20.6. The lowest BCUT2D eigenvalue weighted by Gasteiger charge is -2.23. The van der Waals surface area contributed by atoms with Crippen LogP contribution in [0.15, 0.2) is 54.6 Å². The SMILES string of the molecule is Cc1nc2ccccc2n1CCCNC(=O)N[C@@H](Cc1ccccc1)CN(C)C. The minimum atomic E-state index is -0.111. The van der Waals surface area contributed by atoms with Crippen LogP contribution in [-0.2, 0) is 13.0 Å². The number of amides is 2. The minimum Gasteiger partial charge on any atom is -0.338 e. The molecule has 2 aromatic carbocycles. The Morgan fingerprint density at radius 2 is 1.83 bits per heavy atom. The molecule has 2 N–H and O–H groups in total. The molecule has 6 nitrogen and oxygen atoms in total. The van der Waals surface area contributed by atoms with Crippen molar-refractivity contribution in [2.24, 2.45) is 0 Å². The Labute approximate surface area is 172 Å². The van der Waals surface area contributed by atoms with E-state index in [1.807, 2.05) is 57.4 Å². The van der Waals surface area contributed by atoms with Gasteiger partial charge in [0.05, 0.1) is 11.0 Å². The van der Waals surface area contributed by atoms with Gasteiger partial charge < -0.3 is 20.1 Å². The van der Waals surface area contributed by atoms with E-state index in [0.29, 0.717) is 6.54 Å². The van der Waals surface area contributed by atoms with Gasteiger partial charge >= 0.3 is 6.03 Å². The average molecular weight is 394 g/mol. The van der Waals surface area contributed by atoms with Crippen molar-refractivity contribution in [1.29, 1.82) is 0 Å². The van der Waals surface area contributed by atoms with Gasteiger partial charge in [0.2, 0.25) is 0 Å². The quantitative estimate of drug-likeness (QED) is 0.549. The number of likely N-dealkylation sites (N-methyl/N-ethyl adjacent to an activating group) is 1. The van der Waals surface area contributed by atoms with Crippen LogP contribution in [0.4, 0.5) is 4.79 Å². The summed E-state index contributed by atoms with van der Waals surface area (Å²) < 4.78 is 2.21. The van der Waals surface area contributed by atoms with Crippen LogP contribution >= 0.6 is 0 Å². The topological polar surface area (TPSA) is 62.2 Å². The van der Waals surface area contributed by atoms with Gasteiger partial charge in [0, 0.05) is 25.7 Å². The standard InChI is InChI=1S/C23H31N5O/c1-18-25-21-12-7-8-13-22(21)28(18)15-9-14-24-23(29)26-20(17-27(2)3)16-19-10-5-4-6-11-19/h4-8,10-13,20H,9,14-17H2,1-3H3,(H2,24,26,29)/t20-/m0/s1. The van der Waals surface area contributed by atoms with Crippen LogP contribution in [0.2, 0.25) is 0 Å². The van der Waals surface area contributed by atoms with Crippen LogP contribution < -0.4 is 10.6 Å². The molecule has 6 heteroatoms. The molecule has 2 amide bonds. The Balaban J connectivity index is 1.48. The van der Waals surface area contributed by atoms with Crippen LogP contribution in [0.1, 0.15) is 17.8 Å². The molecule has 0 radical (unpaired) electrons. The third-order valence-corrected chi connectivity index (χ3v) is 4.94. The molecule has 1 heterocycles. The fraction of sp³-hybridized carbons (Fsp3) is 0.391. The number of aryl methyl sites for hydroxylation is 2. The number of fused-ring (bicyclic) bond motifs is 1. The Morgan fingerprint density at radius 3 is 2.59 bits per heavy atom. The predicted octanol–water partition coefficient (Wildman–Crippen LogP) is 3.21. The number of rotatable bonds is 9. The first-order valence-corrected chi connectivity index (χ1v) is 10.2. The summed E-state index contributed by atoms with van der Waals surface area (Å²) in [4.78, 5) is 19.1. The summed E-state index contributed by atoms with van der Waals surface area (Å²) in [7, 11) is 4.05. The Bertz CT molecular complexity index is 919. The van der Waals surface area contributed by atoms with Gasteiger partial charge in [-0.2, -0.15) is 0 Å². The molecular formula is C23H31N5O. The highest BCUT2D eigenvalue weighted by Crippen LogP contribution is 2.15. The number of carbonyl (C=O) groups excluding carboxylic acids is 1. The summed E-state index contributed by atoms with van der Waals surface area (Å²) in [6.45, 7) is 4.27. The maximum Gasteiger partial charge on any atom is 0.315 e. The normalized spacial score (nSPS) is 12.3. The molecule has 0 aliphatic carbocycles. The molecule has 3 rings (SSSR count). The van der Waals surface area contributed by atoms with Gasteiger partial charge in [0.15, 0.2) is 0 Å². The summed E-state index contributed by atoms with van der Waals surface area (Å²) in [6, 6.07) is 18.4. The van der Waals surface area contributed by atoms with E-state index in [4.69, 9.17) is 0 Å². The van der Waals surface area contributed by atoms with Crippen molar-refractivity contribution in [3.05, 3.63) is 66.0 Å². The van der Waals surface area contributed by atoms with Crippen molar-refractivity contribution >= 4 is 17.1 Å². The summed E-state index contributed by atoms with van der Waals surface area (Å²) in [5, 5.41) is 6.12. The molecule has 0 aliphatic heterocycles. The molecule has 154 valence electrons. The number of urea groups is 1. The zero-order valence-electron chi connectivity index (χ0n) is 17.6. The Hall–Kier alpha value is -2.86. The molecule has 1 aromatic heterocycles. The highest BCUT2D eigenvalue weighted by molar-refractivity contribution is 5.76. The average Bonchev–Trinajstić information content (AvgIpc) is 3.00. The van der Waals surface area contributed by atoms with Crippen LogP contribution in [-0.4, -0.2) is 53.7 Å². The smallest absolute Gasteiger partial charge is 0.315 e. The Kier molecular flexibility index (Phi) is 7.25. The second-order valence-corrected chi connectivity index (χ2v) is 7.70. The van der Waals surface area contributed by atoms with Gasteiger partial charge in [-0.1, -0.05) is 42.5 Å². The van der Waals surface area contributed by atoms with Gasteiger partial charge in [0.25, 0.3) is 0 Å². The van der Waals surface area contributed by atoms with Crippen molar-refractivity contribution in [3.8, 4) is 0 Å². The first-order chi connectivity index (χ1) is 14.0. The van der Waals surface area contributed by atoms with Gasteiger partial charge in [-0.25, -0.2) is 9.78 Å². The zero-order valence-corrected chi connectivity index (χ0v) is 17.6. The van der Waals surface area contributed by atoms with Gasteiger partial charge in [-0.05, 0) is 51.6 Å². The van der Waals surface area contributed by atoms with Crippen LogP contribution in [0.5, 0.6) is 0 Å². The Morgan fingerprint density at radius 1 is 1.10 bits per heavy atom. The van der Waals surface area contributed by atoms with Crippen LogP contribution in [0.25, 0.3) is 11.0 Å². The van der Waals surface area contributed by atoms with Gasteiger partial charge in [0.1, 0.15) is 5.82 Å². The van der Waals surface area contributed by atoms with Crippen LogP contribution in [0, 0.1) is 6.92 Å². The lowest BCUT2D eigenvalue weighted by Crippen LogP contribution is -2.47. The largest absolute Gasteiger partial charge is 0.338 e. The molecule has 29 heavy (non-hydrogen) atoms. The summed E-state index contributed by atoms with van der Waals surface area (Å²) in [6.07, 6.45) is 1.66. The van der Waals surface area contributed by atoms with E-state index in [1.54, 1.807) is 0 Å². The van der Waals surface area contributed by atoms with Gasteiger partial charge in [-0.3, -0.25) is 0 Å². The molecule has 0 unspecified atom stereocenters. The molecule has 0 bridgehead atoms. The number of hydrogen-bond acceptors (Lipinski definition) is 3. The van der Waals surface area contributed by atoms with Crippen LogP contribution in [0.3, 0.4) is 0 Å². The van der Waals surface area contributed by atoms with Crippen molar-refractivity contribution < 1.29 is 4.79 Å². The van der Waals surface area contributed by atoms with E-state index in [2.05, 4.69) is 43.3 Å². The lowest BCUT2D eigenvalue weighted by atomic mass is 10.1. The number of para-hydroxylation sites is 2.